The Balaban J connectivity index is 1.64. The molecule has 0 radical (unpaired) electrons. The second kappa shape index (κ2) is 9.99. The molecule has 4 rings (SSSR count). The van der Waals surface area contributed by atoms with Gasteiger partial charge in [-0.25, -0.2) is 0 Å². The molecule has 33 heavy (non-hydrogen) atoms. The van der Waals surface area contributed by atoms with Crippen LogP contribution in [0.5, 0.6) is 0 Å². The maximum Gasteiger partial charge on any atom is 0.230 e. The summed E-state index contributed by atoms with van der Waals surface area (Å²) in [5, 5.41) is 0. The standard InChI is InChI=1S/C28H31N3O2/c1-30(2)27(33)28(19-23-12-6-7-14-25(23)24-13-8-16-29-20-24)15-9-17-31(21-28)26(32)18-22-10-4-3-5-11-22/h3-8,10-14,16,20H,9,15,17-19,21H2,1-2H3/t28-/m0/s1. The Morgan fingerprint density at radius 2 is 1.76 bits per heavy atom. The molecular formula is C28H31N3O2. The van der Waals surface area contributed by atoms with Gasteiger partial charge in [0.25, 0.3) is 0 Å². The predicted octanol–water partition coefficient (Wildman–Crippen LogP) is 4.23. The van der Waals surface area contributed by atoms with Gasteiger partial charge in [-0.3, -0.25) is 14.6 Å². The van der Waals surface area contributed by atoms with E-state index >= 15 is 0 Å². The van der Waals surface area contributed by atoms with E-state index in [0.29, 0.717) is 25.9 Å². The first-order chi connectivity index (χ1) is 16.0. The highest BCUT2D eigenvalue weighted by Crippen LogP contribution is 2.38. The first-order valence-corrected chi connectivity index (χ1v) is 11.5. The zero-order chi connectivity index (χ0) is 23.3. The minimum atomic E-state index is -0.646. The number of carbonyl (C=O) groups is 2. The lowest BCUT2D eigenvalue weighted by molar-refractivity contribution is -0.147. The lowest BCUT2D eigenvalue weighted by atomic mass is 9.73. The minimum Gasteiger partial charge on any atom is -0.348 e. The van der Waals surface area contributed by atoms with Crippen LogP contribution in [-0.4, -0.2) is 53.8 Å². The maximum absolute atomic E-state index is 13.6. The normalized spacial score (nSPS) is 18.1. The molecule has 1 atom stereocenters. The lowest BCUT2D eigenvalue weighted by Gasteiger charge is -2.43. The first-order valence-electron chi connectivity index (χ1n) is 11.5. The number of hydrogen-bond donors (Lipinski definition) is 0. The largest absolute Gasteiger partial charge is 0.348 e. The molecule has 2 aromatic carbocycles. The van der Waals surface area contributed by atoms with Gasteiger partial charge in [0.2, 0.25) is 11.8 Å². The highest BCUT2D eigenvalue weighted by atomic mass is 16.2. The Morgan fingerprint density at radius 1 is 1.00 bits per heavy atom. The number of likely N-dealkylation sites (tertiary alicyclic amines) is 1. The number of carbonyl (C=O) groups excluding carboxylic acids is 2. The van der Waals surface area contributed by atoms with Gasteiger partial charge in [-0.2, -0.15) is 0 Å². The molecule has 0 N–H and O–H groups in total. The van der Waals surface area contributed by atoms with Crippen molar-refractivity contribution in [2.75, 3.05) is 27.2 Å². The van der Waals surface area contributed by atoms with Gasteiger partial charge in [-0.05, 0) is 42.0 Å². The summed E-state index contributed by atoms with van der Waals surface area (Å²) in [4.78, 5) is 34.6. The van der Waals surface area contributed by atoms with Crippen molar-refractivity contribution < 1.29 is 9.59 Å². The topological polar surface area (TPSA) is 53.5 Å². The molecule has 5 nitrogen and oxygen atoms in total. The summed E-state index contributed by atoms with van der Waals surface area (Å²) in [6.07, 6.45) is 6.15. The SMILES string of the molecule is CN(C)C(=O)[C@]1(Cc2ccccc2-c2cccnc2)CCCN(C(=O)Cc2ccccc2)C1. The molecule has 0 aliphatic carbocycles. The van der Waals surface area contributed by atoms with Crippen molar-refractivity contribution >= 4 is 11.8 Å². The quantitative estimate of drug-likeness (QED) is 0.575. The Hall–Kier alpha value is -3.47. The van der Waals surface area contributed by atoms with Crippen molar-refractivity contribution in [2.24, 2.45) is 5.41 Å². The third kappa shape index (κ3) is 5.14. The van der Waals surface area contributed by atoms with Gasteiger partial charge >= 0.3 is 0 Å². The molecule has 1 saturated heterocycles. The van der Waals surface area contributed by atoms with Gasteiger partial charge in [0.1, 0.15) is 0 Å². The zero-order valence-corrected chi connectivity index (χ0v) is 19.4. The molecule has 0 saturated carbocycles. The van der Waals surface area contributed by atoms with Crippen molar-refractivity contribution in [1.82, 2.24) is 14.8 Å². The number of piperidine rings is 1. The van der Waals surface area contributed by atoms with E-state index in [0.717, 1.165) is 35.1 Å². The van der Waals surface area contributed by atoms with Crippen LogP contribution in [0.3, 0.4) is 0 Å². The fourth-order valence-electron chi connectivity index (χ4n) is 4.94. The van der Waals surface area contributed by atoms with E-state index in [-0.39, 0.29) is 11.8 Å². The van der Waals surface area contributed by atoms with E-state index in [1.807, 2.05) is 79.8 Å². The van der Waals surface area contributed by atoms with Crippen molar-refractivity contribution in [1.29, 1.82) is 0 Å². The molecule has 3 aromatic rings. The van der Waals surface area contributed by atoms with Crippen LogP contribution in [0.15, 0.2) is 79.1 Å². The van der Waals surface area contributed by atoms with Gasteiger partial charge in [-0.15, -0.1) is 0 Å². The molecule has 1 aliphatic heterocycles. The first kappa shape index (κ1) is 22.7. The van der Waals surface area contributed by atoms with Crippen LogP contribution < -0.4 is 0 Å². The van der Waals surface area contributed by atoms with Gasteiger partial charge in [0.15, 0.2) is 0 Å². The second-order valence-electron chi connectivity index (χ2n) is 9.14. The van der Waals surface area contributed by atoms with E-state index < -0.39 is 5.41 Å². The van der Waals surface area contributed by atoms with Crippen LogP contribution in [0.2, 0.25) is 0 Å². The molecule has 5 heteroatoms. The summed E-state index contributed by atoms with van der Waals surface area (Å²) in [6.45, 7) is 1.13. The second-order valence-corrected chi connectivity index (χ2v) is 9.14. The number of rotatable bonds is 6. The summed E-state index contributed by atoms with van der Waals surface area (Å²) >= 11 is 0. The average molecular weight is 442 g/mol. The van der Waals surface area contributed by atoms with Gasteiger partial charge < -0.3 is 9.80 Å². The molecule has 0 bridgehead atoms. The summed E-state index contributed by atoms with van der Waals surface area (Å²) in [5.74, 6) is 0.165. The third-order valence-corrected chi connectivity index (χ3v) is 6.51. The van der Waals surface area contributed by atoms with E-state index in [4.69, 9.17) is 0 Å². The number of amides is 2. The van der Waals surface area contributed by atoms with E-state index in [1.54, 1.807) is 11.1 Å². The number of pyridine rings is 1. The monoisotopic (exact) mass is 441 g/mol. The maximum atomic E-state index is 13.6. The van der Waals surface area contributed by atoms with Gasteiger partial charge in [0.05, 0.1) is 11.8 Å². The molecule has 170 valence electrons. The summed E-state index contributed by atoms with van der Waals surface area (Å²) in [6, 6.07) is 22.0. The number of aromatic nitrogens is 1. The fourth-order valence-corrected chi connectivity index (χ4v) is 4.94. The molecule has 0 unspecified atom stereocenters. The van der Waals surface area contributed by atoms with Crippen LogP contribution in [-0.2, 0) is 22.4 Å². The molecule has 2 amide bonds. The van der Waals surface area contributed by atoms with Crippen molar-refractivity contribution in [3.8, 4) is 11.1 Å². The summed E-state index contributed by atoms with van der Waals surface area (Å²) in [5.41, 5.74) is 3.59. The van der Waals surface area contributed by atoms with Gasteiger partial charge in [-0.1, -0.05) is 60.7 Å². The van der Waals surface area contributed by atoms with E-state index in [9.17, 15) is 9.59 Å². The Bertz CT molecular complexity index is 1100. The van der Waals surface area contributed by atoms with Crippen LogP contribution in [0.4, 0.5) is 0 Å². The molecule has 1 aromatic heterocycles. The minimum absolute atomic E-state index is 0.0809. The highest BCUT2D eigenvalue weighted by Gasteiger charge is 2.44. The Morgan fingerprint density at radius 3 is 2.48 bits per heavy atom. The van der Waals surface area contributed by atoms with E-state index in [1.165, 1.54) is 0 Å². The highest BCUT2D eigenvalue weighted by molar-refractivity contribution is 5.85. The molecule has 2 heterocycles. The van der Waals surface area contributed by atoms with Crippen LogP contribution >= 0.6 is 0 Å². The lowest BCUT2D eigenvalue weighted by Crippen LogP contribution is -2.54. The van der Waals surface area contributed by atoms with Crippen molar-refractivity contribution in [2.45, 2.75) is 25.7 Å². The third-order valence-electron chi connectivity index (χ3n) is 6.51. The smallest absolute Gasteiger partial charge is 0.230 e. The molecular weight excluding hydrogens is 410 g/mol. The predicted molar refractivity (Wildman–Crippen MR) is 130 cm³/mol. The van der Waals surface area contributed by atoms with Crippen molar-refractivity contribution in [3.05, 3.63) is 90.3 Å². The number of hydrogen-bond acceptors (Lipinski definition) is 3. The fraction of sp³-hybridized carbons (Fsp3) is 0.321. The zero-order valence-electron chi connectivity index (χ0n) is 19.4. The summed E-state index contributed by atoms with van der Waals surface area (Å²) in [7, 11) is 3.61. The Labute approximate surface area is 196 Å². The van der Waals surface area contributed by atoms with Crippen molar-refractivity contribution in [3.63, 3.8) is 0 Å². The van der Waals surface area contributed by atoms with Crippen LogP contribution in [0.25, 0.3) is 11.1 Å². The molecule has 1 fully saturated rings. The molecule has 1 aliphatic rings. The number of benzene rings is 2. The van der Waals surface area contributed by atoms with Crippen LogP contribution in [0, 0.1) is 5.41 Å². The van der Waals surface area contributed by atoms with E-state index in [2.05, 4.69) is 17.1 Å². The average Bonchev–Trinajstić information content (AvgIpc) is 2.85. The summed E-state index contributed by atoms with van der Waals surface area (Å²) < 4.78 is 0. The molecule has 0 spiro atoms. The Kier molecular flexibility index (Phi) is 6.87. The van der Waals surface area contributed by atoms with Crippen LogP contribution in [0.1, 0.15) is 24.0 Å². The van der Waals surface area contributed by atoms with Gasteiger partial charge in [0, 0.05) is 45.1 Å². The number of nitrogens with zero attached hydrogens (tertiary/aromatic N) is 3.